The second-order valence-electron chi connectivity index (χ2n) is 3.31. The third-order valence-electron chi connectivity index (χ3n) is 2.13. The van der Waals surface area contributed by atoms with Gasteiger partial charge < -0.3 is 4.52 Å². The van der Waals surface area contributed by atoms with Crippen LogP contribution in [-0.2, 0) is 0 Å². The predicted octanol–water partition coefficient (Wildman–Crippen LogP) is 2.71. The van der Waals surface area contributed by atoms with Crippen LogP contribution < -0.4 is 0 Å². The molecule has 2 aromatic rings. The summed E-state index contributed by atoms with van der Waals surface area (Å²) >= 11 is 6.04. The first-order chi connectivity index (χ1) is 7.09. The van der Waals surface area contributed by atoms with Gasteiger partial charge in [0.1, 0.15) is 11.6 Å². The van der Waals surface area contributed by atoms with Gasteiger partial charge in [-0.05, 0) is 20.8 Å². The Morgan fingerprint density at radius 2 is 2.00 bits per heavy atom. The number of halogens is 1. The molecule has 0 saturated heterocycles. The van der Waals surface area contributed by atoms with E-state index >= 15 is 0 Å². The summed E-state index contributed by atoms with van der Waals surface area (Å²) in [6.07, 6.45) is 1.59. The Balaban J connectivity index is 2.68. The summed E-state index contributed by atoms with van der Waals surface area (Å²) in [5, 5.41) is 4.38. The minimum absolute atomic E-state index is 0.509. The summed E-state index contributed by atoms with van der Waals surface area (Å²) < 4.78 is 5.08. The van der Waals surface area contributed by atoms with E-state index in [1.54, 1.807) is 6.20 Å². The van der Waals surface area contributed by atoms with Gasteiger partial charge in [0, 0.05) is 6.20 Å². The highest BCUT2D eigenvalue weighted by Crippen LogP contribution is 2.30. The quantitative estimate of drug-likeness (QED) is 0.746. The van der Waals surface area contributed by atoms with E-state index in [-0.39, 0.29) is 0 Å². The average Bonchev–Trinajstić information content (AvgIpc) is 2.51. The van der Waals surface area contributed by atoms with Gasteiger partial charge in [-0.25, -0.2) is 9.97 Å². The molecule has 0 atom stereocenters. The van der Waals surface area contributed by atoms with E-state index in [1.165, 1.54) is 0 Å². The molecule has 0 amide bonds. The van der Waals surface area contributed by atoms with Gasteiger partial charge in [0.2, 0.25) is 0 Å². The number of nitrogens with zero attached hydrogens (tertiary/aromatic N) is 3. The van der Waals surface area contributed by atoms with Crippen LogP contribution in [0.15, 0.2) is 10.7 Å². The van der Waals surface area contributed by atoms with Crippen molar-refractivity contribution in [3.05, 3.63) is 28.5 Å². The van der Waals surface area contributed by atoms with Crippen molar-refractivity contribution < 1.29 is 4.52 Å². The Kier molecular flexibility index (Phi) is 2.44. The lowest BCUT2D eigenvalue weighted by atomic mass is 10.1. The van der Waals surface area contributed by atoms with E-state index in [2.05, 4.69) is 15.1 Å². The lowest BCUT2D eigenvalue weighted by Gasteiger charge is -2.02. The van der Waals surface area contributed by atoms with Crippen LogP contribution in [0.5, 0.6) is 0 Å². The minimum atomic E-state index is 0.509. The lowest BCUT2D eigenvalue weighted by Crippen LogP contribution is -1.93. The molecule has 5 heteroatoms. The minimum Gasteiger partial charge on any atom is -0.361 e. The van der Waals surface area contributed by atoms with Gasteiger partial charge in [0.15, 0.2) is 0 Å². The van der Waals surface area contributed by atoms with Gasteiger partial charge in [0.25, 0.3) is 0 Å². The third-order valence-corrected chi connectivity index (χ3v) is 2.41. The van der Waals surface area contributed by atoms with E-state index in [0.717, 1.165) is 11.3 Å². The molecule has 0 spiro atoms. The zero-order chi connectivity index (χ0) is 11.0. The highest BCUT2D eigenvalue weighted by molar-refractivity contribution is 6.32. The van der Waals surface area contributed by atoms with Crippen LogP contribution in [0.4, 0.5) is 0 Å². The van der Waals surface area contributed by atoms with E-state index in [9.17, 15) is 0 Å². The molecule has 4 nitrogen and oxygen atoms in total. The van der Waals surface area contributed by atoms with E-state index < -0.39 is 0 Å². The monoisotopic (exact) mass is 223 g/mol. The van der Waals surface area contributed by atoms with Gasteiger partial charge >= 0.3 is 0 Å². The van der Waals surface area contributed by atoms with Crippen molar-refractivity contribution in [3.63, 3.8) is 0 Å². The van der Waals surface area contributed by atoms with Gasteiger partial charge in [-0.1, -0.05) is 16.8 Å². The summed E-state index contributed by atoms with van der Waals surface area (Å²) in [6.45, 7) is 5.51. The molecule has 78 valence electrons. The maximum absolute atomic E-state index is 6.04. The van der Waals surface area contributed by atoms with Crippen molar-refractivity contribution in [2.45, 2.75) is 20.8 Å². The highest BCUT2D eigenvalue weighted by Gasteiger charge is 2.16. The number of aromatic nitrogens is 3. The van der Waals surface area contributed by atoms with E-state index in [4.69, 9.17) is 16.1 Å². The number of hydrogen-bond donors (Lipinski definition) is 0. The molecule has 0 N–H and O–H groups in total. The Morgan fingerprint density at radius 3 is 2.60 bits per heavy atom. The second-order valence-corrected chi connectivity index (χ2v) is 3.72. The topological polar surface area (TPSA) is 51.8 Å². The summed E-state index contributed by atoms with van der Waals surface area (Å²) in [7, 11) is 0. The Labute approximate surface area is 92.3 Å². The lowest BCUT2D eigenvalue weighted by molar-refractivity contribution is 0.393. The Morgan fingerprint density at radius 1 is 1.27 bits per heavy atom. The largest absolute Gasteiger partial charge is 0.361 e. The number of aryl methyl sites for hydroxylation is 3. The number of hydrogen-bond acceptors (Lipinski definition) is 4. The molecule has 0 aliphatic heterocycles. The first kappa shape index (κ1) is 10.1. The average molecular weight is 224 g/mol. The van der Waals surface area contributed by atoms with Gasteiger partial charge in [-0.3, -0.25) is 0 Å². The summed E-state index contributed by atoms with van der Waals surface area (Å²) in [5.74, 6) is 1.39. The van der Waals surface area contributed by atoms with E-state index in [0.29, 0.717) is 22.3 Å². The first-order valence-electron chi connectivity index (χ1n) is 4.52. The molecule has 0 aliphatic carbocycles. The normalized spacial score (nSPS) is 10.7. The van der Waals surface area contributed by atoms with Gasteiger partial charge in [-0.2, -0.15) is 0 Å². The van der Waals surface area contributed by atoms with Crippen molar-refractivity contribution in [2.24, 2.45) is 0 Å². The SMILES string of the molecule is Cc1ncc(Cl)c(-c2c(C)noc2C)n1. The van der Waals surface area contributed by atoms with Crippen molar-refractivity contribution in [1.29, 1.82) is 0 Å². The standard InChI is InChI=1S/C10H10ClN3O/c1-5-9(6(2)15-14-5)10-8(11)4-12-7(3)13-10/h4H,1-3H3. The Bertz CT molecular complexity index is 488. The molecule has 0 aromatic carbocycles. The Hall–Kier alpha value is -1.42. The molecule has 0 saturated carbocycles. The molecule has 0 fully saturated rings. The maximum atomic E-state index is 6.04. The highest BCUT2D eigenvalue weighted by atomic mass is 35.5. The van der Waals surface area contributed by atoms with Gasteiger partial charge in [-0.15, -0.1) is 0 Å². The van der Waals surface area contributed by atoms with Crippen LogP contribution in [0.3, 0.4) is 0 Å². The number of rotatable bonds is 1. The van der Waals surface area contributed by atoms with Crippen LogP contribution >= 0.6 is 11.6 Å². The summed E-state index contributed by atoms with van der Waals surface area (Å²) in [6, 6.07) is 0. The predicted molar refractivity (Wildman–Crippen MR) is 56.8 cm³/mol. The molecule has 2 aromatic heterocycles. The fourth-order valence-electron chi connectivity index (χ4n) is 1.45. The first-order valence-corrected chi connectivity index (χ1v) is 4.89. The van der Waals surface area contributed by atoms with Crippen LogP contribution in [0.25, 0.3) is 11.3 Å². The van der Waals surface area contributed by atoms with Crippen molar-refractivity contribution >= 4 is 11.6 Å². The molecular weight excluding hydrogens is 214 g/mol. The zero-order valence-corrected chi connectivity index (χ0v) is 9.46. The molecule has 0 radical (unpaired) electrons. The van der Waals surface area contributed by atoms with Crippen LogP contribution in [0.1, 0.15) is 17.3 Å². The van der Waals surface area contributed by atoms with Crippen LogP contribution in [0.2, 0.25) is 5.02 Å². The molecule has 0 bridgehead atoms. The fourth-order valence-corrected chi connectivity index (χ4v) is 1.64. The van der Waals surface area contributed by atoms with Crippen LogP contribution in [0, 0.1) is 20.8 Å². The maximum Gasteiger partial charge on any atom is 0.143 e. The van der Waals surface area contributed by atoms with Crippen LogP contribution in [-0.4, -0.2) is 15.1 Å². The molecular formula is C10H10ClN3O. The molecule has 0 aliphatic rings. The van der Waals surface area contributed by atoms with E-state index in [1.807, 2.05) is 20.8 Å². The summed E-state index contributed by atoms with van der Waals surface area (Å²) in [5.41, 5.74) is 2.32. The van der Waals surface area contributed by atoms with Crippen molar-refractivity contribution in [3.8, 4) is 11.3 Å². The second kappa shape index (κ2) is 3.62. The summed E-state index contributed by atoms with van der Waals surface area (Å²) in [4.78, 5) is 8.31. The molecule has 0 unspecified atom stereocenters. The third kappa shape index (κ3) is 1.72. The molecule has 2 rings (SSSR count). The fraction of sp³-hybridized carbons (Fsp3) is 0.300. The zero-order valence-electron chi connectivity index (χ0n) is 8.71. The molecule has 2 heterocycles. The van der Waals surface area contributed by atoms with Crippen molar-refractivity contribution in [1.82, 2.24) is 15.1 Å². The molecule has 15 heavy (non-hydrogen) atoms. The van der Waals surface area contributed by atoms with Gasteiger partial charge in [0.05, 0.1) is 22.0 Å². The smallest absolute Gasteiger partial charge is 0.143 e. The van der Waals surface area contributed by atoms with Crippen molar-refractivity contribution in [2.75, 3.05) is 0 Å².